The molecule has 2 rings (SSSR count). The lowest BCUT2D eigenvalue weighted by molar-refractivity contribution is 0.416. The van der Waals surface area contributed by atoms with Gasteiger partial charge < -0.3 is 10.6 Å². The molecule has 0 unspecified atom stereocenters. The summed E-state index contributed by atoms with van der Waals surface area (Å²) in [5, 5.41) is 6.54. The molecule has 0 bridgehead atoms. The zero-order valence-electron chi connectivity index (χ0n) is 8.72. The molecule has 0 amide bonds. The maximum absolute atomic E-state index is 13.6. The van der Waals surface area contributed by atoms with Crippen LogP contribution in [0, 0.1) is 12.7 Å². The van der Waals surface area contributed by atoms with Gasteiger partial charge in [0.1, 0.15) is 5.82 Å². The molecule has 0 spiro atoms. The predicted molar refractivity (Wildman–Crippen MR) is 62.0 cm³/mol. The number of benzene rings is 1. The van der Waals surface area contributed by atoms with E-state index < -0.39 is 0 Å². The molecular formula is C11H16ClFN2. The SMILES string of the molecule is Cc1ccc([C@@H]2CNCCN2)c(F)c1.Cl. The molecule has 1 saturated heterocycles. The summed E-state index contributed by atoms with van der Waals surface area (Å²) in [5.41, 5.74) is 1.73. The van der Waals surface area contributed by atoms with Crippen LogP contribution < -0.4 is 10.6 Å². The minimum absolute atomic E-state index is 0. The van der Waals surface area contributed by atoms with Crippen LogP contribution in [0.3, 0.4) is 0 Å². The maximum atomic E-state index is 13.6. The van der Waals surface area contributed by atoms with Crippen LogP contribution in [0.2, 0.25) is 0 Å². The second kappa shape index (κ2) is 5.45. The van der Waals surface area contributed by atoms with Crippen molar-refractivity contribution >= 4 is 12.4 Å². The van der Waals surface area contributed by atoms with Crippen LogP contribution in [0.5, 0.6) is 0 Å². The number of nitrogens with one attached hydrogen (secondary N) is 2. The Balaban J connectivity index is 0.00000112. The van der Waals surface area contributed by atoms with E-state index in [1.54, 1.807) is 6.07 Å². The van der Waals surface area contributed by atoms with Crippen LogP contribution in [0.4, 0.5) is 4.39 Å². The molecule has 1 heterocycles. The van der Waals surface area contributed by atoms with Crippen LogP contribution >= 0.6 is 12.4 Å². The van der Waals surface area contributed by atoms with Crippen molar-refractivity contribution in [1.29, 1.82) is 0 Å². The van der Waals surface area contributed by atoms with E-state index in [0.29, 0.717) is 0 Å². The molecule has 0 saturated carbocycles. The van der Waals surface area contributed by atoms with E-state index in [9.17, 15) is 4.39 Å². The first-order valence-electron chi connectivity index (χ1n) is 4.97. The van der Waals surface area contributed by atoms with Gasteiger partial charge >= 0.3 is 0 Å². The van der Waals surface area contributed by atoms with E-state index in [2.05, 4.69) is 10.6 Å². The van der Waals surface area contributed by atoms with E-state index in [4.69, 9.17) is 0 Å². The molecule has 1 aromatic rings. The largest absolute Gasteiger partial charge is 0.314 e. The van der Waals surface area contributed by atoms with Crippen molar-refractivity contribution in [2.75, 3.05) is 19.6 Å². The van der Waals surface area contributed by atoms with E-state index >= 15 is 0 Å². The zero-order chi connectivity index (χ0) is 9.97. The highest BCUT2D eigenvalue weighted by molar-refractivity contribution is 5.85. The molecular weight excluding hydrogens is 215 g/mol. The normalized spacial score (nSPS) is 20.8. The van der Waals surface area contributed by atoms with E-state index in [-0.39, 0.29) is 24.3 Å². The minimum atomic E-state index is -0.105. The van der Waals surface area contributed by atoms with Crippen LogP contribution in [-0.4, -0.2) is 19.6 Å². The summed E-state index contributed by atoms with van der Waals surface area (Å²) in [6.07, 6.45) is 0. The highest BCUT2D eigenvalue weighted by Gasteiger charge is 2.17. The van der Waals surface area contributed by atoms with Crippen LogP contribution in [0.1, 0.15) is 17.2 Å². The Morgan fingerprint density at radius 1 is 1.33 bits per heavy atom. The van der Waals surface area contributed by atoms with Gasteiger partial charge in [-0.1, -0.05) is 12.1 Å². The first-order valence-corrected chi connectivity index (χ1v) is 4.97. The summed E-state index contributed by atoms with van der Waals surface area (Å²) in [4.78, 5) is 0. The molecule has 1 aliphatic heterocycles. The lowest BCUT2D eigenvalue weighted by Crippen LogP contribution is -2.42. The van der Waals surface area contributed by atoms with Gasteiger partial charge in [-0.05, 0) is 18.6 Å². The van der Waals surface area contributed by atoms with Crippen molar-refractivity contribution in [3.05, 3.63) is 35.1 Å². The maximum Gasteiger partial charge on any atom is 0.128 e. The van der Waals surface area contributed by atoms with Gasteiger partial charge in [-0.25, -0.2) is 4.39 Å². The van der Waals surface area contributed by atoms with Crippen molar-refractivity contribution in [2.24, 2.45) is 0 Å². The van der Waals surface area contributed by atoms with Gasteiger partial charge in [-0.15, -0.1) is 12.4 Å². The third kappa shape index (κ3) is 2.91. The van der Waals surface area contributed by atoms with Gasteiger partial charge in [0.05, 0.1) is 0 Å². The summed E-state index contributed by atoms with van der Waals surface area (Å²) in [6, 6.07) is 5.53. The average Bonchev–Trinajstić information content (AvgIpc) is 2.19. The first kappa shape index (κ1) is 12.4. The number of hydrogen-bond donors (Lipinski definition) is 2. The number of hydrogen-bond acceptors (Lipinski definition) is 2. The Morgan fingerprint density at radius 3 is 2.73 bits per heavy atom. The zero-order valence-corrected chi connectivity index (χ0v) is 9.53. The highest BCUT2D eigenvalue weighted by atomic mass is 35.5. The van der Waals surface area contributed by atoms with Crippen LogP contribution in [0.15, 0.2) is 18.2 Å². The summed E-state index contributed by atoms with van der Waals surface area (Å²) in [6.45, 7) is 4.57. The number of piperazine rings is 1. The van der Waals surface area contributed by atoms with E-state index in [0.717, 1.165) is 30.8 Å². The van der Waals surface area contributed by atoms with Crippen molar-refractivity contribution in [2.45, 2.75) is 13.0 Å². The van der Waals surface area contributed by atoms with Crippen LogP contribution in [0.25, 0.3) is 0 Å². The fraction of sp³-hybridized carbons (Fsp3) is 0.455. The third-order valence-electron chi connectivity index (χ3n) is 2.57. The van der Waals surface area contributed by atoms with Crippen molar-refractivity contribution in [3.8, 4) is 0 Å². The fourth-order valence-electron chi connectivity index (χ4n) is 1.79. The molecule has 84 valence electrons. The molecule has 0 aliphatic carbocycles. The van der Waals surface area contributed by atoms with Gasteiger partial charge in [0.2, 0.25) is 0 Å². The molecule has 2 nitrogen and oxygen atoms in total. The van der Waals surface area contributed by atoms with Crippen molar-refractivity contribution in [3.63, 3.8) is 0 Å². The summed E-state index contributed by atoms with van der Waals surface area (Å²) >= 11 is 0. The second-order valence-electron chi connectivity index (χ2n) is 3.74. The second-order valence-corrected chi connectivity index (χ2v) is 3.74. The Bertz CT molecular complexity index is 324. The Morgan fingerprint density at radius 2 is 2.13 bits per heavy atom. The van der Waals surface area contributed by atoms with E-state index in [1.807, 2.05) is 19.1 Å². The van der Waals surface area contributed by atoms with Gasteiger partial charge in [-0.3, -0.25) is 0 Å². The molecule has 0 radical (unpaired) electrons. The number of aryl methyl sites for hydroxylation is 1. The lowest BCUT2D eigenvalue weighted by Gasteiger charge is -2.25. The minimum Gasteiger partial charge on any atom is -0.314 e. The van der Waals surface area contributed by atoms with Gasteiger partial charge in [-0.2, -0.15) is 0 Å². The molecule has 1 fully saturated rings. The monoisotopic (exact) mass is 230 g/mol. The molecule has 2 N–H and O–H groups in total. The number of halogens is 2. The molecule has 1 aliphatic rings. The first-order chi connectivity index (χ1) is 6.77. The molecule has 0 aromatic heterocycles. The van der Waals surface area contributed by atoms with Crippen molar-refractivity contribution in [1.82, 2.24) is 10.6 Å². The molecule has 1 aromatic carbocycles. The Hall–Kier alpha value is -0.640. The van der Waals surface area contributed by atoms with Crippen LogP contribution in [-0.2, 0) is 0 Å². The summed E-state index contributed by atoms with van der Waals surface area (Å²) in [5.74, 6) is -0.105. The Kier molecular flexibility index (Phi) is 4.51. The molecule has 4 heteroatoms. The average molecular weight is 231 g/mol. The number of rotatable bonds is 1. The molecule has 15 heavy (non-hydrogen) atoms. The van der Waals surface area contributed by atoms with E-state index in [1.165, 1.54) is 0 Å². The Labute approximate surface area is 95.7 Å². The van der Waals surface area contributed by atoms with Gasteiger partial charge in [0, 0.05) is 31.2 Å². The predicted octanol–water partition coefficient (Wildman–Crippen LogP) is 1.79. The van der Waals surface area contributed by atoms with Gasteiger partial charge in [0.25, 0.3) is 0 Å². The lowest BCUT2D eigenvalue weighted by atomic mass is 10.0. The molecule has 1 atom stereocenters. The standard InChI is InChI=1S/C11H15FN2.ClH/c1-8-2-3-9(10(12)6-8)11-7-13-4-5-14-11;/h2-3,6,11,13-14H,4-5,7H2,1H3;1H/t11-;/m0./s1. The van der Waals surface area contributed by atoms with Gasteiger partial charge in [0.15, 0.2) is 0 Å². The van der Waals surface area contributed by atoms with Crippen molar-refractivity contribution < 1.29 is 4.39 Å². The quantitative estimate of drug-likeness (QED) is 0.769. The highest BCUT2D eigenvalue weighted by Crippen LogP contribution is 2.18. The topological polar surface area (TPSA) is 24.1 Å². The third-order valence-corrected chi connectivity index (χ3v) is 2.57. The summed E-state index contributed by atoms with van der Waals surface area (Å²) in [7, 11) is 0. The smallest absolute Gasteiger partial charge is 0.128 e. The summed E-state index contributed by atoms with van der Waals surface area (Å²) < 4.78 is 13.6. The fourth-order valence-corrected chi connectivity index (χ4v) is 1.79.